The number of nitrogens with zero attached hydrogens (tertiary/aromatic N) is 2. The Morgan fingerprint density at radius 1 is 1.11 bits per heavy atom. The van der Waals surface area contributed by atoms with Gasteiger partial charge in [0, 0.05) is 13.1 Å². The molecule has 2 aliphatic carbocycles. The smallest absolute Gasteiger partial charge is 0.233 e. The number of rotatable bonds is 5. The molecule has 4 heteroatoms. The van der Waals surface area contributed by atoms with Crippen LogP contribution in [0, 0.1) is 23.7 Å². The third-order valence-electron chi connectivity index (χ3n) is 5.10. The van der Waals surface area contributed by atoms with Crippen molar-refractivity contribution in [3.05, 3.63) is 12.2 Å². The number of likely N-dealkylation sites (N-methyl/N-ethyl adjacent to an activating group) is 1. The summed E-state index contributed by atoms with van der Waals surface area (Å²) in [5.41, 5.74) is 0. The van der Waals surface area contributed by atoms with Crippen LogP contribution in [0.5, 0.6) is 0 Å². The number of carbonyl (C=O) groups is 2. The number of fused-ring (bicyclic) bond motifs is 5. The Hall–Kier alpha value is -1.16. The molecule has 1 saturated heterocycles. The van der Waals surface area contributed by atoms with Crippen LogP contribution in [0.3, 0.4) is 0 Å². The average molecular weight is 262 g/mol. The van der Waals surface area contributed by atoms with Crippen molar-refractivity contribution in [2.45, 2.75) is 20.3 Å². The van der Waals surface area contributed by atoms with Crippen molar-refractivity contribution in [3.63, 3.8) is 0 Å². The summed E-state index contributed by atoms with van der Waals surface area (Å²) in [6, 6.07) is 0. The zero-order valence-electron chi connectivity index (χ0n) is 11.7. The van der Waals surface area contributed by atoms with E-state index in [0.29, 0.717) is 18.4 Å². The fraction of sp³-hybridized carbons (Fsp3) is 0.733. The van der Waals surface area contributed by atoms with Gasteiger partial charge in [-0.25, -0.2) is 0 Å². The van der Waals surface area contributed by atoms with E-state index in [1.165, 1.54) is 4.90 Å². The summed E-state index contributed by atoms with van der Waals surface area (Å²) in [5, 5.41) is 0. The molecule has 2 bridgehead atoms. The highest BCUT2D eigenvalue weighted by atomic mass is 16.2. The van der Waals surface area contributed by atoms with Crippen LogP contribution in [0.4, 0.5) is 0 Å². The minimum absolute atomic E-state index is 0.0424. The minimum atomic E-state index is -0.0424. The Morgan fingerprint density at radius 3 is 2.11 bits per heavy atom. The van der Waals surface area contributed by atoms with Gasteiger partial charge in [0.15, 0.2) is 0 Å². The highest BCUT2D eigenvalue weighted by molar-refractivity contribution is 6.06. The van der Waals surface area contributed by atoms with E-state index in [1.807, 2.05) is 0 Å². The molecule has 1 heterocycles. The summed E-state index contributed by atoms with van der Waals surface area (Å²) in [6.07, 6.45) is 5.30. The average Bonchev–Trinajstić information content (AvgIpc) is 3.08. The molecule has 0 spiro atoms. The molecular formula is C15H22N2O2. The zero-order valence-corrected chi connectivity index (χ0v) is 11.7. The first-order valence-corrected chi connectivity index (χ1v) is 7.43. The standard InChI is InChI=1S/C15H22N2O2/c1-3-16(4-2)7-8-17-14(18)12-10-5-6-11(9-10)13(12)15(17)19/h5-6,10-13H,3-4,7-9H2,1-2H3/t10-,11+,12-,13-/m0/s1. The van der Waals surface area contributed by atoms with Crippen molar-refractivity contribution in [1.82, 2.24) is 9.80 Å². The fourth-order valence-electron chi connectivity index (χ4n) is 3.97. The third kappa shape index (κ3) is 1.84. The molecule has 2 fully saturated rings. The van der Waals surface area contributed by atoms with Gasteiger partial charge in [-0.1, -0.05) is 26.0 Å². The van der Waals surface area contributed by atoms with E-state index in [2.05, 4.69) is 30.9 Å². The zero-order chi connectivity index (χ0) is 13.6. The van der Waals surface area contributed by atoms with E-state index in [-0.39, 0.29) is 23.7 Å². The van der Waals surface area contributed by atoms with Crippen LogP contribution in [0.25, 0.3) is 0 Å². The van der Waals surface area contributed by atoms with E-state index < -0.39 is 0 Å². The highest BCUT2D eigenvalue weighted by Gasteiger charge is 2.58. The van der Waals surface area contributed by atoms with Crippen molar-refractivity contribution in [1.29, 1.82) is 0 Å². The number of carbonyl (C=O) groups excluding carboxylic acids is 2. The SMILES string of the molecule is CCN(CC)CCN1C(=O)[C@@H]2[C@@H](C1=O)[C@H]1C=C[C@@H]2C1. The van der Waals surface area contributed by atoms with E-state index in [9.17, 15) is 9.59 Å². The van der Waals surface area contributed by atoms with Crippen molar-refractivity contribution < 1.29 is 9.59 Å². The van der Waals surface area contributed by atoms with Gasteiger partial charge in [-0.3, -0.25) is 14.5 Å². The fourth-order valence-corrected chi connectivity index (χ4v) is 3.97. The number of amides is 2. The molecule has 104 valence electrons. The first-order chi connectivity index (χ1) is 9.17. The Balaban J connectivity index is 1.69. The minimum Gasteiger partial charge on any atom is -0.302 e. The van der Waals surface area contributed by atoms with Crippen LogP contribution >= 0.6 is 0 Å². The summed E-state index contributed by atoms with van der Waals surface area (Å²) >= 11 is 0. The predicted octanol–water partition coefficient (Wildman–Crippen LogP) is 1.14. The molecule has 0 aromatic heterocycles. The molecule has 4 nitrogen and oxygen atoms in total. The summed E-state index contributed by atoms with van der Waals surface area (Å²) in [6.45, 7) is 7.50. The molecule has 0 aromatic carbocycles. The Morgan fingerprint density at radius 2 is 1.63 bits per heavy atom. The van der Waals surface area contributed by atoms with Gasteiger partial charge in [0.05, 0.1) is 11.8 Å². The topological polar surface area (TPSA) is 40.6 Å². The Labute approximate surface area is 114 Å². The third-order valence-corrected chi connectivity index (χ3v) is 5.10. The maximum atomic E-state index is 12.4. The molecular weight excluding hydrogens is 240 g/mol. The van der Waals surface area contributed by atoms with Crippen molar-refractivity contribution in [2.24, 2.45) is 23.7 Å². The lowest BCUT2D eigenvalue weighted by Gasteiger charge is -2.22. The lowest BCUT2D eigenvalue weighted by atomic mass is 9.85. The normalized spacial score (nSPS) is 35.8. The molecule has 0 radical (unpaired) electrons. The van der Waals surface area contributed by atoms with Crippen molar-refractivity contribution in [3.8, 4) is 0 Å². The summed E-state index contributed by atoms with van der Waals surface area (Å²) in [7, 11) is 0. The number of hydrogen-bond donors (Lipinski definition) is 0. The second-order valence-electron chi connectivity index (χ2n) is 5.85. The second kappa shape index (κ2) is 4.75. The summed E-state index contributed by atoms with van der Waals surface area (Å²) in [4.78, 5) is 28.6. The summed E-state index contributed by atoms with van der Waals surface area (Å²) in [5.74, 6) is 0.728. The maximum Gasteiger partial charge on any atom is 0.233 e. The van der Waals surface area contributed by atoms with Gasteiger partial charge in [0.25, 0.3) is 0 Å². The number of hydrogen-bond acceptors (Lipinski definition) is 3. The Kier molecular flexibility index (Phi) is 3.21. The van der Waals surface area contributed by atoms with Gasteiger partial charge in [-0.05, 0) is 31.3 Å². The number of imide groups is 1. The predicted molar refractivity (Wildman–Crippen MR) is 72.2 cm³/mol. The Bertz CT molecular complexity index is 398. The van der Waals surface area contributed by atoms with Crippen LogP contribution in [0.1, 0.15) is 20.3 Å². The van der Waals surface area contributed by atoms with E-state index in [0.717, 1.165) is 26.1 Å². The van der Waals surface area contributed by atoms with Crippen LogP contribution < -0.4 is 0 Å². The van der Waals surface area contributed by atoms with Gasteiger partial charge >= 0.3 is 0 Å². The first kappa shape index (κ1) is 12.9. The van der Waals surface area contributed by atoms with E-state index in [4.69, 9.17) is 0 Å². The van der Waals surface area contributed by atoms with Crippen LogP contribution in [0.2, 0.25) is 0 Å². The van der Waals surface area contributed by atoms with Crippen molar-refractivity contribution in [2.75, 3.05) is 26.2 Å². The van der Waals surface area contributed by atoms with Gasteiger partial charge < -0.3 is 4.90 Å². The lowest BCUT2D eigenvalue weighted by molar-refractivity contribution is -0.140. The molecule has 2 amide bonds. The quantitative estimate of drug-likeness (QED) is 0.551. The summed E-state index contributed by atoms with van der Waals surface area (Å²) < 4.78 is 0. The molecule has 3 aliphatic rings. The first-order valence-electron chi connectivity index (χ1n) is 7.43. The van der Waals surface area contributed by atoms with Crippen molar-refractivity contribution >= 4 is 11.8 Å². The maximum absolute atomic E-state index is 12.4. The van der Waals surface area contributed by atoms with E-state index in [1.54, 1.807) is 0 Å². The van der Waals surface area contributed by atoms with Gasteiger partial charge in [0.1, 0.15) is 0 Å². The van der Waals surface area contributed by atoms with Crippen LogP contribution in [-0.2, 0) is 9.59 Å². The molecule has 1 saturated carbocycles. The molecule has 0 N–H and O–H groups in total. The monoisotopic (exact) mass is 262 g/mol. The van der Waals surface area contributed by atoms with Gasteiger partial charge in [-0.2, -0.15) is 0 Å². The number of likely N-dealkylation sites (tertiary alicyclic amines) is 1. The largest absolute Gasteiger partial charge is 0.302 e. The molecule has 19 heavy (non-hydrogen) atoms. The lowest BCUT2D eigenvalue weighted by Crippen LogP contribution is -2.39. The highest BCUT2D eigenvalue weighted by Crippen LogP contribution is 2.52. The van der Waals surface area contributed by atoms with Gasteiger partial charge in [-0.15, -0.1) is 0 Å². The van der Waals surface area contributed by atoms with Gasteiger partial charge in [0.2, 0.25) is 11.8 Å². The van der Waals surface area contributed by atoms with E-state index >= 15 is 0 Å². The van der Waals surface area contributed by atoms with Crippen LogP contribution in [-0.4, -0.2) is 47.8 Å². The number of allylic oxidation sites excluding steroid dienone is 2. The molecule has 4 atom stereocenters. The second-order valence-corrected chi connectivity index (χ2v) is 5.85. The molecule has 0 aromatic rings. The molecule has 3 rings (SSSR count). The molecule has 1 aliphatic heterocycles. The van der Waals surface area contributed by atoms with Crippen LogP contribution in [0.15, 0.2) is 12.2 Å². The molecule has 0 unspecified atom stereocenters.